The molecule has 0 bridgehead atoms. The molecule has 0 spiro atoms. The van der Waals surface area contributed by atoms with Gasteiger partial charge in [0.2, 0.25) is 0 Å². The van der Waals surface area contributed by atoms with Crippen LogP contribution < -0.4 is 0 Å². The van der Waals surface area contributed by atoms with Gasteiger partial charge >= 0.3 is 39.5 Å². The summed E-state index contributed by atoms with van der Waals surface area (Å²) in [7, 11) is -9.89. The summed E-state index contributed by atoms with van der Waals surface area (Å²) in [4.78, 5) is 72.3. The molecule has 0 radical (unpaired) electrons. The van der Waals surface area contributed by atoms with Gasteiger partial charge in [0.15, 0.2) is 12.2 Å². The highest BCUT2D eigenvalue weighted by molar-refractivity contribution is 7.47. The number of ether oxygens (including phenoxy) is 4. The van der Waals surface area contributed by atoms with E-state index in [1.807, 2.05) is 0 Å². The third-order valence-electron chi connectivity index (χ3n) is 16.5. The molecule has 0 aromatic heterocycles. The van der Waals surface area contributed by atoms with E-state index in [1.54, 1.807) is 0 Å². The van der Waals surface area contributed by atoms with E-state index in [1.165, 1.54) is 173 Å². The van der Waals surface area contributed by atoms with E-state index in [0.29, 0.717) is 25.7 Å². The second kappa shape index (κ2) is 63.1. The molecular formula is C71H138O17P2. The Morgan fingerprint density at radius 2 is 0.511 bits per heavy atom. The van der Waals surface area contributed by atoms with Crippen LogP contribution >= 0.6 is 15.6 Å². The summed E-state index contributed by atoms with van der Waals surface area (Å²) in [5.74, 6) is -0.602. The van der Waals surface area contributed by atoms with Crippen LogP contribution in [0.3, 0.4) is 0 Å². The third-order valence-corrected chi connectivity index (χ3v) is 18.4. The molecule has 534 valence electrons. The third kappa shape index (κ3) is 64.8. The molecule has 90 heavy (non-hydrogen) atoms. The van der Waals surface area contributed by atoms with Crippen molar-refractivity contribution in [3.05, 3.63) is 0 Å². The predicted molar refractivity (Wildman–Crippen MR) is 363 cm³/mol. The minimum atomic E-state index is -4.95. The van der Waals surface area contributed by atoms with Crippen LogP contribution in [0.4, 0.5) is 0 Å². The molecule has 2 unspecified atom stereocenters. The minimum Gasteiger partial charge on any atom is -0.462 e. The first-order valence-electron chi connectivity index (χ1n) is 37.0. The fourth-order valence-electron chi connectivity index (χ4n) is 10.8. The molecule has 17 nitrogen and oxygen atoms in total. The highest BCUT2D eigenvalue weighted by Crippen LogP contribution is 2.45. The van der Waals surface area contributed by atoms with E-state index in [4.69, 9.17) is 37.0 Å². The molecule has 0 fully saturated rings. The van der Waals surface area contributed by atoms with Crippen molar-refractivity contribution >= 4 is 39.5 Å². The Labute approximate surface area is 549 Å². The van der Waals surface area contributed by atoms with Crippen LogP contribution in [0.2, 0.25) is 0 Å². The molecule has 0 rings (SSSR count). The lowest BCUT2D eigenvalue weighted by molar-refractivity contribution is -0.161. The van der Waals surface area contributed by atoms with Crippen molar-refractivity contribution in [2.75, 3.05) is 39.6 Å². The molecule has 0 aromatic carbocycles. The summed E-state index contributed by atoms with van der Waals surface area (Å²) in [5, 5.41) is 10.6. The number of hydrogen-bond donors (Lipinski definition) is 3. The first-order chi connectivity index (χ1) is 43.4. The molecule has 0 aromatic rings. The molecule has 0 aliphatic heterocycles. The van der Waals surface area contributed by atoms with Crippen LogP contribution in [0.5, 0.6) is 0 Å². The maximum absolute atomic E-state index is 13.0. The van der Waals surface area contributed by atoms with Crippen molar-refractivity contribution in [2.24, 2.45) is 11.8 Å². The number of rotatable bonds is 70. The zero-order chi connectivity index (χ0) is 66.5. The Morgan fingerprint density at radius 3 is 0.756 bits per heavy atom. The molecule has 0 saturated carbocycles. The van der Waals surface area contributed by atoms with Crippen molar-refractivity contribution in [3.63, 3.8) is 0 Å². The van der Waals surface area contributed by atoms with Crippen LogP contribution in [-0.4, -0.2) is 96.7 Å². The van der Waals surface area contributed by atoms with Crippen LogP contribution in [0.15, 0.2) is 0 Å². The fourth-order valence-corrected chi connectivity index (χ4v) is 12.3. The number of phosphoric acid groups is 2. The molecule has 19 heteroatoms. The quantitative estimate of drug-likeness (QED) is 0.0222. The number of aliphatic hydroxyl groups excluding tert-OH is 1. The maximum Gasteiger partial charge on any atom is 0.472 e. The first-order valence-corrected chi connectivity index (χ1v) is 40.0. The lowest BCUT2D eigenvalue weighted by Gasteiger charge is -2.21. The lowest BCUT2D eigenvalue weighted by atomic mass is 10.0. The van der Waals surface area contributed by atoms with Gasteiger partial charge < -0.3 is 33.8 Å². The van der Waals surface area contributed by atoms with Gasteiger partial charge in [0.05, 0.1) is 26.4 Å². The van der Waals surface area contributed by atoms with Gasteiger partial charge in [-0.15, -0.1) is 0 Å². The summed E-state index contributed by atoms with van der Waals surface area (Å²) in [6, 6.07) is 0. The van der Waals surface area contributed by atoms with E-state index < -0.39 is 97.5 Å². The van der Waals surface area contributed by atoms with E-state index in [0.717, 1.165) is 108 Å². The summed E-state index contributed by atoms with van der Waals surface area (Å²) >= 11 is 0. The number of unbranched alkanes of at least 4 members (excludes halogenated alkanes) is 40. The molecule has 5 atom stereocenters. The van der Waals surface area contributed by atoms with Crippen LogP contribution in [0.25, 0.3) is 0 Å². The average molecular weight is 1330 g/mol. The largest absolute Gasteiger partial charge is 0.472 e. The van der Waals surface area contributed by atoms with Gasteiger partial charge in [-0.3, -0.25) is 37.3 Å². The first kappa shape index (κ1) is 88.1. The number of aliphatic hydroxyl groups is 1. The molecular weight excluding hydrogens is 1190 g/mol. The van der Waals surface area contributed by atoms with E-state index in [-0.39, 0.29) is 25.7 Å². The Morgan fingerprint density at radius 1 is 0.300 bits per heavy atom. The van der Waals surface area contributed by atoms with Crippen molar-refractivity contribution < 1.29 is 80.2 Å². The number of phosphoric ester groups is 2. The van der Waals surface area contributed by atoms with Gasteiger partial charge in [-0.25, -0.2) is 9.13 Å². The van der Waals surface area contributed by atoms with Gasteiger partial charge in [-0.05, 0) is 37.5 Å². The molecule has 3 N–H and O–H groups in total. The van der Waals surface area contributed by atoms with Gasteiger partial charge in [0.1, 0.15) is 19.3 Å². The van der Waals surface area contributed by atoms with Crippen molar-refractivity contribution in [1.29, 1.82) is 0 Å². The molecule has 0 saturated heterocycles. The van der Waals surface area contributed by atoms with Crippen LogP contribution in [0, 0.1) is 11.8 Å². The minimum absolute atomic E-state index is 0.104. The summed E-state index contributed by atoms with van der Waals surface area (Å²) in [5.41, 5.74) is 0. The number of esters is 4. The van der Waals surface area contributed by atoms with Gasteiger partial charge in [0, 0.05) is 25.7 Å². The highest BCUT2D eigenvalue weighted by atomic mass is 31.2. The second-order valence-electron chi connectivity index (χ2n) is 26.6. The van der Waals surface area contributed by atoms with Crippen LogP contribution in [0.1, 0.15) is 363 Å². The molecule has 0 amide bonds. The zero-order valence-electron chi connectivity index (χ0n) is 58.4. The fraction of sp³-hybridized carbons (Fsp3) is 0.944. The van der Waals surface area contributed by atoms with Gasteiger partial charge in [-0.2, -0.15) is 0 Å². The molecule has 0 aliphatic rings. The van der Waals surface area contributed by atoms with E-state index in [9.17, 15) is 43.2 Å². The molecule has 0 heterocycles. The number of carbonyl (C=O) groups excluding carboxylic acids is 4. The summed E-state index contributed by atoms with van der Waals surface area (Å²) in [6.45, 7) is 9.47. The Balaban J connectivity index is 5.16. The SMILES string of the molecule is CCCCCCCCCCCCCCCCCCC(=O)OC[C@H](COP(=O)(O)OC[C@@H](O)COP(=O)(O)OC[C@@H](COC(=O)CCCCCCC)OC(=O)CCCCCCCCCCCC(C)C)OC(=O)CCCCCCCCCCCCCCCCC(C)C. The van der Waals surface area contributed by atoms with Gasteiger partial charge in [-0.1, -0.05) is 311 Å². The normalized spacial score (nSPS) is 14.1. The average Bonchev–Trinajstić information content (AvgIpc) is 2.72. The Bertz CT molecular complexity index is 1750. The predicted octanol–water partition coefficient (Wildman–Crippen LogP) is 20.4. The summed E-state index contributed by atoms with van der Waals surface area (Å²) < 4.78 is 68.1. The lowest BCUT2D eigenvalue weighted by Crippen LogP contribution is -2.30. The van der Waals surface area contributed by atoms with Gasteiger partial charge in [0.25, 0.3) is 0 Å². The van der Waals surface area contributed by atoms with Crippen molar-refractivity contribution in [3.8, 4) is 0 Å². The maximum atomic E-state index is 13.0. The second-order valence-corrected chi connectivity index (χ2v) is 29.5. The zero-order valence-corrected chi connectivity index (χ0v) is 60.2. The Hall–Kier alpha value is -1.94. The topological polar surface area (TPSA) is 237 Å². The van der Waals surface area contributed by atoms with Crippen molar-refractivity contribution in [1.82, 2.24) is 0 Å². The summed E-state index contributed by atoms with van der Waals surface area (Å²) in [6.07, 6.45) is 49.0. The standard InChI is InChI=1S/C71H138O17P2/c1-7-9-11-13-14-15-16-17-18-19-23-26-31-36-42-48-54-69(74)82-60-67(88-70(75)55-49-43-37-32-27-24-21-20-22-25-29-34-40-45-51-63(3)4)62-86-90(79,80)84-58-65(72)57-83-89(77,78)85-61-66(59-81-68(73)53-47-39-12-10-8-2)87-71(76)56-50-44-38-33-28-30-35-41-46-52-64(5)6/h63-67,72H,7-62H2,1-6H3,(H,77,78)(H,79,80)/t65-,66+,67+/m0/s1. The number of carbonyl (C=O) groups is 4. The van der Waals surface area contributed by atoms with Crippen LogP contribution in [-0.2, 0) is 65.4 Å². The van der Waals surface area contributed by atoms with Crippen molar-refractivity contribution in [2.45, 2.75) is 381 Å². The van der Waals surface area contributed by atoms with E-state index in [2.05, 4.69) is 41.5 Å². The Kier molecular flexibility index (Phi) is 61.8. The van der Waals surface area contributed by atoms with E-state index >= 15 is 0 Å². The smallest absolute Gasteiger partial charge is 0.462 e. The monoisotopic (exact) mass is 1320 g/mol. The number of hydrogen-bond acceptors (Lipinski definition) is 15. The highest BCUT2D eigenvalue weighted by Gasteiger charge is 2.30. The molecule has 0 aliphatic carbocycles.